The number of benzene rings is 2. The molecule has 130 valence electrons. The highest BCUT2D eigenvalue weighted by Crippen LogP contribution is 2.16. The van der Waals surface area contributed by atoms with Gasteiger partial charge >= 0.3 is 0 Å². The highest BCUT2D eigenvalue weighted by atomic mass is 19.1. The summed E-state index contributed by atoms with van der Waals surface area (Å²) < 4.78 is 40.0. The molecular formula is C19H22F3NO. The molecule has 2 rings (SSSR count). The van der Waals surface area contributed by atoms with Crippen LogP contribution in [-0.2, 0) is 13.1 Å². The number of aliphatic hydroxyl groups excluding tert-OH is 1. The number of hydrogen-bond acceptors (Lipinski definition) is 2. The maximum absolute atomic E-state index is 13.9. The van der Waals surface area contributed by atoms with E-state index in [2.05, 4.69) is 0 Å². The highest BCUT2D eigenvalue weighted by Gasteiger charge is 2.15. The lowest BCUT2D eigenvalue weighted by Gasteiger charge is -2.25. The van der Waals surface area contributed by atoms with Gasteiger partial charge in [0.2, 0.25) is 0 Å². The second-order valence-electron chi connectivity index (χ2n) is 5.97. The van der Waals surface area contributed by atoms with Gasteiger partial charge in [0.1, 0.15) is 17.5 Å². The Labute approximate surface area is 140 Å². The molecule has 0 saturated carbocycles. The van der Waals surface area contributed by atoms with Gasteiger partial charge in [-0.25, -0.2) is 13.2 Å². The molecule has 2 nitrogen and oxygen atoms in total. The van der Waals surface area contributed by atoms with E-state index in [1.54, 1.807) is 12.1 Å². The van der Waals surface area contributed by atoms with E-state index in [1.807, 2.05) is 11.8 Å². The lowest BCUT2D eigenvalue weighted by Crippen LogP contribution is -2.32. The summed E-state index contributed by atoms with van der Waals surface area (Å²) in [6.45, 7) is 3.03. The molecule has 0 amide bonds. The van der Waals surface area contributed by atoms with Crippen LogP contribution in [0.2, 0.25) is 0 Å². The quantitative estimate of drug-likeness (QED) is 0.778. The zero-order valence-electron chi connectivity index (χ0n) is 13.7. The molecule has 0 aliphatic carbocycles. The molecule has 0 fully saturated rings. The number of rotatable bonds is 8. The minimum absolute atomic E-state index is 0.240. The first-order valence-electron chi connectivity index (χ1n) is 8.06. The standard InChI is InChI=1S/C19H22F3NO/c1-2-3-18(24)13-23(11-14-4-7-16(20)8-5-14)12-15-6-9-17(21)10-19(15)22/h4-10,18,24H,2-3,11-13H2,1H3. The lowest BCUT2D eigenvalue weighted by atomic mass is 10.1. The van der Waals surface area contributed by atoms with E-state index < -0.39 is 17.7 Å². The van der Waals surface area contributed by atoms with Crippen LogP contribution in [0.5, 0.6) is 0 Å². The van der Waals surface area contributed by atoms with E-state index in [0.29, 0.717) is 25.1 Å². The van der Waals surface area contributed by atoms with Gasteiger partial charge < -0.3 is 5.11 Å². The van der Waals surface area contributed by atoms with Crippen LogP contribution in [0.3, 0.4) is 0 Å². The highest BCUT2D eigenvalue weighted by molar-refractivity contribution is 5.20. The Bertz CT molecular complexity index is 646. The van der Waals surface area contributed by atoms with E-state index in [0.717, 1.165) is 18.1 Å². The maximum atomic E-state index is 13.9. The summed E-state index contributed by atoms with van der Waals surface area (Å²) in [5.41, 5.74) is 1.23. The molecule has 1 atom stereocenters. The molecule has 1 unspecified atom stereocenters. The van der Waals surface area contributed by atoms with Gasteiger partial charge in [0.15, 0.2) is 0 Å². The molecule has 1 N–H and O–H groups in total. The number of nitrogens with zero attached hydrogens (tertiary/aromatic N) is 1. The topological polar surface area (TPSA) is 23.5 Å². The molecule has 0 aliphatic heterocycles. The van der Waals surface area contributed by atoms with Crippen LogP contribution in [0.15, 0.2) is 42.5 Å². The van der Waals surface area contributed by atoms with Gasteiger partial charge in [-0.05, 0) is 30.2 Å². The monoisotopic (exact) mass is 337 g/mol. The van der Waals surface area contributed by atoms with E-state index in [9.17, 15) is 18.3 Å². The molecule has 0 aromatic heterocycles. The normalized spacial score (nSPS) is 12.6. The minimum atomic E-state index is -0.618. The Balaban J connectivity index is 2.13. The molecule has 0 aliphatic rings. The van der Waals surface area contributed by atoms with Crippen LogP contribution >= 0.6 is 0 Å². The summed E-state index contributed by atoms with van der Waals surface area (Å²) in [6, 6.07) is 9.55. The third-order valence-electron chi connectivity index (χ3n) is 3.82. The van der Waals surface area contributed by atoms with Gasteiger partial charge in [0.05, 0.1) is 6.10 Å². The van der Waals surface area contributed by atoms with Crippen LogP contribution in [-0.4, -0.2) is 22.7 Å². The first-order valence-corrected chi connectivity index (χ1v) is 8.06. The Morgan fingerprint density at radius 2 is 1.62 bits per heavy atom. The zero-order valence-corrected chi connectivity index (χ0v) is 13.7. The fraction of sp³-hybridized carbons (Fsp3) is 0.368. The number of halogens is 3. The summed E-state index contributed by atoms with van der Waals surface area (Å²) in [5.74, 6) is -1.54. The van der Waals surface area contributed by atoms with E-state index in [1.165, 1.54) is 24.3 Å². The molecule has 24 heavy (non-hydrogen) atoms. The largest absolute Gasteiger partial charge is 0.392 e. The molecular weight excluding hydrogens is 315 g/mol. The summed E-state index contributed by atoms with van der Waals surface area (Å²) in [4.78, 5) is 1.88. The van der Waals surface area contributed by atoms with Crippen LogP contribution < -0.4 is 0 Å². The average Bonchev–Trinajstić information content (AvgIpc) is 2.52. The van der Waals surface area contributed by atoms with Gasteiger partial charge in [-0.2, -0.15) is 0 Å². The van der Waals surface area contributed by atoms with Gasteiger partial charge in [-0.15, -0.1) is 0 Å². The molecule has 0 heterocycles. The third-order valence-corrected chi connectivity index (χ3v) is 3.82. The first kappa shape index (κ1) is 18.5. The minimum Gasteiger partial charge on any atom is -0.392 e. The smallest absolute Gasteiger partial charge is 0.130 e. The van der Waals surface area contributed by atoms with Crippen molar-refractivity contribution in [3.05, 3.63) is 71.0 Å². The van der Waals surface area contributed by atoms with Crippen molar-refractivity contribution in [3.63, 3.8) is 0 Å². The van der Waals surface area contributed by atoms with Crippen molar-refractivity contribution in [2.24, 2.45) is 0 Å². The predicted molar refractivity (Wildman–Crippen MR) is 87.8 cm³/mol. The van der Waals surface area contributed by atoms with Gasteiger partial charge in [0, 0.05) is 31.3 Å². The summed E-state index contributed by atoms with van der Waals surface area (Å²) in [7, 11) is 0. The van der Waals surface area contributed by atoms with Crippen molar-refractivity contribution in [1.29, 1.82) is 0 Å². The SMILES string of the molecule is CCCC(O)CN(Cc1ccc(F)cc1)Cc1ccc(F)cc1F. The predicted octanol–water partition coefficient (Wildman–Crippen LogP) is 4.27. The van der Waals surface area contributed by atoms with Crippen molar-refractivity contribution < 1.29 is 18.3 Å². The maximum Gasteiger partial charge on any atom is 0.130 e. The average molecular weight is 337 g/mol. The zero-order chi connectivity index (χ0) is 17.5. The first-order chi connectivity index (χ1) is 11.5. The number of aliphatic hydroxyl groups is 1. The molecule has 0 bridgehead atoms. The fourth-order valence-corrected chi connectivity index (χ4v) is 2.65. The summed E-state index contributed by atoms with van der Waals surface area (Å²) in [5, 5.41) is 10.1. The van der Waals surface area contributed by atoms with E-state index in [4.69, 9.17) is 0 Å². The van der Waals surface area contributed by atoms with Crippen LogP contribution in [0.1, 0.15) is 30.9 Å². The molecule has 2 aromatic rings. The Morgan fingerprint density at radius 3 is 2.25 bits per heavy atom. The van der Waals surface area contributed by atoms with Crippen LogP contribution in [0.25, 0.3) is 0 Å². The van der Waals surface area contributed by atoms with Crippen molar-refractivity contribution in [2.45, 2.75) is 39.0 Å². The van der Waals surface area contributed by atoms with Crippen molar-refractivity contribution >= 4 is 0 Å². The molecule has 5 heteroatoms. The van der Waals surface area contributed by atoms with Gasteiger partial charge in [0.25, 0.3) is 0 Å². The molecule has 2 aromatic carbocycles. The van der Waals surface area contributed by atoms with E-state index in [-0.39, 0.29) is 12.4 Å². The van der Waals surface area contributed by atoms with Crippen molar-refractivity contribution in [2.75, 3.05) is 6.54 Å². The lowest BCUT2D eigenvalue weighted by molar-refractivity contribution is 0.0964. The molecule has 0 spiro atoms. The Kier molecular flexibility index (Phi) is 6.82. The molecule has 0 radical (unpaired) electrons. The van der Waals surface area contributed by atoms with Gasteiger partial charge in [-0.1, -0.05) is 31.5 Å². The summed E-state index contributed by atoms with van der Waals surface area (Å²) >= 11 is 0. The molecule has 0 saturated heterocycles. The van der Waals surface area contributed by atoms with Crippen molar-refractivity contribution in [3.8, 4) is 0 Å². The Hall–Kier alpha value is -1.85. The summed E-state index contributed by atoms with van der Waals surface area (Å²) in [6.07, 6.45) is 0.960. The Morgan fingerprint density at radius 1 is 0.958 bits per heavy atom. The third kappa shape index (κ3) is 5.65. The van der Waals surface area contributed by atoms with E-state index >= 15 is 0 Å². The van der Waals surface area contributed by atoms with Crippen LogP contribution in [0, 0.1) is 17.5 Å². The van der Waals surface area contributed by atoms with Gasteiger partial charge in [-0.3, -0.25) is 4.90 Å². The second-order valence-corrected chi connectivity index (χ2v) is 5.97. The second kappa shape index (κ2) is 8.85. The fourth-order valence-electron chi connectivity index (χ4n) is 2.65. The van der Waals surface area contributed by atoms with Crippen LogP contribution in [0.4, 0.5) is 13.2 Å². The number of hydrogen-bond donors (Lipinski definition) is 1. The van der Waals surface area contributed by atoms with Crippen molar-refractivity contribution in [1.82, 2.24) is 4.90 Å².